The first kappa shape index (κ1) is 19.8. The van der Waals surface area contributed by atoms with Crippen LogP contribution in [-0.2, 0) is 15.1 Å². The second-order valence-electron chi connectivity index (χ2n) is 6.48. The Morgan fingerprint density at radius 1 is 1.23 bits per heavy atom. The molecule has 1 heterocycles. The normalized spacial score (nSPS) is 19.5. The Kier molecular flexibility index (Phi) is 6.23. The smallest absolute Gasteiger partial charge is 0.325 e. The third-order valence-corrected chi connectivity index (χ3v) is 4.86. The van der Waals surface area contributed by atoms with Gasteiger partial charge in [-0.1, -0.05) is 32.4 Å². The summed E-state index contributed by atoms with van der Waals surface area (Å²) in [4.78, 5) is 40.4. The first-order chi connectivity index (χ1) is 12.4. The SMILES string of the molecule is CCCCN(C)C(=O)CN1C(=O)N[C@](CC)(c2ccc(OC)cc2)C1=O. The van der Waals surface area contributed by atoms with E-state index < -0.39 is 17.5 Å². The van der Waals surface area contributed by atoms with Gasteiger partial charge in [0.25, 0.3) is 5.91 Å². The molecule has 1 aromatic carbocycles. The molecule has 0 unspecified atom stereocenters. The number of carbonyl (C=O) groups is 3. The van der Waals surface area contributed by atoms with Gasteiger partial charge >= 0.3 is 6.03 Å². The van der Waals surface area contributed by atoms with Crippen LogP contribution in [-0.4, -0.2) is 54.9 Å². The van der Waals surface area contributed by atoms with Crippen LogP contribution >= 0.6 is 0 Å². The van der Waals surface area contributed by atoms with Gasteiger partial charge in [0.05, 0.1) is 7.11 Å². The van der Waals surface area contributed by atoms with E-state index in [0.717, 1.165) is 17.7 Å². The van der Waals surface area contributed by atoms with Crippen molar-refractivity contribution in [2.45, 2.75) is 38.6 Å². The van der Waals surface area contributed by atoms with Crippen molar-refractivity contribution in [1.82, 2.24) is 15.1 Å². The van der Waals surface area contributed by atoms with Crippen LogP contribution in [0.1, 0.15) is 38.7 Å². The lowest BCUT2D eigenvalue weighted by Crippen LogP contribution is -2.45. The summed E-state index contributed by atoms with van der Waals surface area (Å²) in [5, 5.41) is 2.78. The number of unbranched alkanes of at least 4 members (excludes halogenated alkanes) is 1. The lowest BCUT2D eigenvalue weighted by molar-refractivity contribution is -0.138. The molecule has 1 N–H and O–H groups in total. The molecule has 1 aromatic rings. The molecule has 142 valence electrons. The van der Waals surface area contributed by atoms with Crippen LogP contribution in [0.3, 0.4) is 0 Å². The number of carbonyl (C=O) groups excluding carboxylic acids is 3. The van der Waals surface area contributed by atoms with Crippen LogP contribution in [0.5, 0.6) is 5.75 Å². The average Bonchev–Trinajstić information content (AvgIpc) is 2.91. The van der Waals surface area contributed by atoms with E-state index in [0.29, 0.717) is 24.3 Å². The van der Waals surface area contributed by atoms with Crippen LogP contribution < -0.4 is 10.1 Å². The average molecular weight is 361 g/mol. The first-order valence-corrected chi connectivity index (χ1v) is 8.92. The van der Waals surface area contributed by atoms with E-state index in [2.05, 4.69) is 5.32 Å². The number of urea groups is 1. The van der Waals surface area contributed by atoms with Gasteiger partial charge in [-0.2, -0.15) is 0 Å². The largest absolute Gasteiger partial charge is 0.497 e. The van der Waals surface area contributed by atoms with E-state index >= 15 is 0 Å². The minimum atomic E-state index is -1.15. The second kappa shape index (κ2) is 8.21. The summed E-state index contributed by atoms with van der Waals surface area (Å²) in [5.41, 5.74) is -0.473. The minimum Gasteiger partial charge on any atom is -0.497 e. The molecule has 0 spiro atoms. The van der Waals surface area contributed by atoms with Gasteiger partial charge < -0.3 is 15.0 Å². The topological polar surface area (TPSA) is 79.0 Å². The number of amides is 4. The van der Waals surface area contributed by atoms with Crippen molar-refractivity contribution in [2.24, 2.45) is 0 Å². The Bertz CT molecular complexity index is 674. The van der Waals surface area contributed by atoms with Crippen LogP contribution in [0.2, 0.25) is 0 Å². The molecule has 0 saturated carbocycles. The van der Waals surface area contributed by atoms with Crippen molar-refractivity contribution in [3.63, 3.8) is 0 Å². The summed E-state index contributed by atoms with van der Waals surface area (Å²) in [6.45, 7) is 4.24. The third-order valence-electron chi connectivity index (χ3n) is 4.86. The molecule has 7 heteroatoms. The minimum absolute atomic E-state index is 0.247. The Morgan fingerprint density at radius 2 is 1.88 bits per heavy atom. The molecule has 4 amide bonds. The molecular weight excluding hydrogens is 334 g/mol. The van der Waals surface area contributed by atoms with Crippen LogP contribution in [0, 0.1) is 0 Å². The first-order valence-electron chi connectivity index (χ1n) is 8.92. The van der Waals surface area contributed by atoms with Gasteiger partial charge in [0.15, 0.2) is 0 Å². The number of rotatable bonds is 8. The highest BCUT2D eigenvalue weighted by molar-refractivity contribution is 6.09. The number of ether oxygens (including phenoxy) is 1. The van der Waals surface area contributed by atoms with Crippen LogP contribution in [0.25, 0.3) is 0 Å². The molecule has 0 aromatic heterocycles. The fourth-order valence-corrected chi connectivity index (χ4v) is 3.06. The van der Waals surface area contributed by atoms with Crippen LogP contribution in [0.15, 0.2) is 24.3 Å². The summed E-state index contributed by atoms with van der Waals surface area (Å²) in [7, 11) is 3.25. The quantitative estimate of drug-likeness (QED) is 0.719. The van der Waals surface area contributed by atoms with Crippen molar-refractivity contribution >= 4 is 17.8 Å². The van der Waals surface area contributed by atoms with Crippen molar-refractivity contribution in [1.29, 1.82) is 0 Å². The number of benzene rings is 1. The van der Waals surface area contributed by atoms with Gasteiger partial charge in [-0.3, -0.25) is 14.5 Å². The molecule has 1 saturated heterocycles. The van der Waals surface area contributed by atoms with Gasteiger partial charge in [-0.15, -0.1) is 0 Å². The molecule has 0 aliphatic carbocycles. The molecule has 1 aliphatic rings. The fraction of sp³-hybridized carbons (Fsp3) is 0.526. The van der Waals surface area contributed by atoms with E-state index in [-0.39, 0.29) is 12.5 Å². The fourth-order valence-electron chi connectivity index (χ4n) is 3.06. The maximum atomic E-state index is 13.0. The summed E-state index contributed by atoms with van der Waals surface area (Å²) in [6.07, 6.45) is 2.24. The lowest BCUT2D eigenvalue weighted by atomic mass is 9.87. The van der Waals surface area contributed by atoms with Gasteiger partial charge in [-0.25, -0.2) is 4.79 Å². The molecule has 0 radical (unpaired) electrons. The Labute approximate surface area is 154 Å². The summed E-state index contributed by atoms with van der Waals surface area (Å²) in [6, 6.07) is 6.49. The van der Waals surface area contributed by atoms with E-state index in [4.69, 9.17) is 4.74 Å². The molecular formula is C19H27N3O4. The highest BCUT2D eigenvalue weighted by atomic mass is 16.5. The number of hydrogen-bond donors (Lipinski definition) is 1. The van der Waals surface area contributed by atoms with E-state index in [1.807, 2.05) is 13.8 Å². The maximum absolute atomic E-state index is 13.0. The number of likely N-dealkylation sites (N-methyl/N-ethyl adjacent to an activating group) is 1. The predicted octanol–water partition coefficient (Wildman–Crippen LogP) is 2.11. The van der Waals surface area contributed by atoms with Crippen molar-refractivity contribution in [3.8, 4) is 5.75 Å². The summed E-state index contributed by atoms with van der Waals surface area (Å²) < 4.78 is 5.15. The lowest BCUT2D eigenvalue weighted by Gasteiger charge is -2.26. The van der Waals surface area contributed by atoms with Gasteiger partial charge in [-0.05, 0) is 30.5 Å². The van der Waals surface area contributed by atoms with E-state index in [1.54, 1.807) is 43.3 Å². The molecule has 0 bridgehead atoms. The third kappa shape index (κ3) is 3.66. The zero-order valence-electron chi connectivity index (χ0n) is 15.9. The van der Waals surface area contributed by atoms with Crippen molar-refractivity contribution in [3.05, 3.63) is 29.8 Å². The number of nitrogens with one attached hydrogen (secondary N) is 1. The van der Waals surface area contributed by atoms with Gasteiger partial charge in [0.2, 0.25) is 5.91 Å². The molecule has 26 heavy (non-hydrogen) atoms. The zero-order valence-corrected chi connectivity index (χ0v) is 15.9. The summed E-state index contributed by atoms with van der Waals surface area (Å²) >= 11 is 0. The number of hydrogen-bond acceptors (Lipinski definition) is 4. The molecule has 1 fully saturated rings. The Morgan fingerprint density at radius 3 is 2.42 bits per heavy atom. The second-order valence-corrected chi connectivity index (χ2v) is 6.48. The predicted molar refractivity (Wildman–Crippen MR) is 97.8 cm³/mol. The molecule has 1 aliphatic heterocycles. The number of imide groups is 1. The number of nitrogens with zero attached hydrogens (tertiary/aromatic N) is 2. The Balaban J connectivity index is 2.20. The zero-order chi connectivity index (χ0) is 19.3. The van der Waals surface area contributed by atoms with Gasteiger partial charge in [0, 0.05) is 13.6 Å². The van der Waals surface area contributed by atoms with E-state index in [9.17, 15) is 14.4 Å². The van der Waals surface area contributed by atoms with Gasteiger partial charge in [0.1, 0.15) is 17.8 Å². The van der Waals surface area contributed by atoms with E-state index in [1.165, 1.54) is 0 Å². The van der Waals surface area contributed by atoms with Crippen molar-refractivity contribution in [2.75, 3.05) is 27.2 Å². The summed E-state index contributed by atoms with van der Waals surface area (Å²) in [5.74, 6) is 0.0253. The van der Waals surface area contributed by atoms with Crippen LogP contribution in [0.4, 0.5) is 4.79 Å². The molecule has 1 atom stereocenters. The highest BCUT2D eigenvalue weighted by Gasteiger charge is 2.51. The number of methoxy groups -OCH3 is 1. The highest BCUT2D eigenvalue weighted by Crippen LogP contribution is 2.33. The molecule has 2 rings (SSSR count). The molecule has 7 nitrogen and oxygen atoms in total. The maximum Gasteiger partial charge on any atom is 0.325 e. The standard InChI is InChI=1S/C19H27N3O4/c1-5-7-12-21(3)16(23)13-22-17(24)19(6-2,20-18(22)25)14-8-10-15(26-4)11-9-14/h8-11H,5-7,12-13H2,1-4H3,(H,20,25)/t19-/m1/s1. The van der Waals surface area contributed by atoms with Crippen molar-refractivity contribution < 1.29 is 19.1 Å². The Hall–Kier alpha value is -2.57. The monoisotopic (exact) mass is 361 g/mol.